The van der Waals surface area contributed by atoms with Crippen molar-refractivity contribution < 1.29 is 32.9 Å². The van der Waals surface area contributed by atoms with Gasteiger partial charge < -0.3 is 28.1 Å². The molecule has 0 unspecified atom stereocenters. The van der Waals surface area contributed by atoms with Crippen molar-refractivity contribution in [3.8, 4) is 40.1 Å². The number of aromatic nitrogens is 2. The van der Waals surface area contributed by atoms with Crippen LogP contribution >= 0.6 is 0 Å². The molecule has 0 saturated heterocycles. The van der Waals surface area contributed by atoms with E-state index in [1.165, 1.54) is 21.3 Å². The lowest BCUT2D eigenvalue weighted by molar-refractivity contribution is 0.103. The van der Waals surface area contributed by atoms with Crippen LogP contribution in [-0.2, 0) is 6.54 Å². The molecule has 0 aliphatic heterocycles. The molecular formula is C30H28N2O7. The highest BCUT2D eigenvalue weighted by atomic mass is 16.5. The molecule has 0 spiro atoms. The lowest BCUT2D eigenvalue weighted by atomic mass is 9.97. The Morgan fingerprint density at radius 3 is 2.10 bits per heavy atom. The number of rotatable bonds is 10. The molecule has 0 aliphatic carbocycles. The summed E-state index contributed by atoms with van der Waals surface area (Å²) in [4.78, 5) is 14.1. The van der Waals surface area contributed by atoms with Gasteiger partial charge in [-0.2, -0.15) is 5.10 Å². The van der Waals surface area contributed by atoms with E-state index in [1.54, 1.807) is 49.4 Å². The molecular weight excluding hydrogens is 500 g/mol. The fourth-order valence-corrected chi connectivity index (χ4v) is 4.47. The van der Waals surface area contributed by atoms with E-state index in [9.17, 15) is 4.79 Å². The second-order valence-electron chi connectivity index (χ2n) is 8.69. The quantitative estimate of drug-likeness (QED) is 0.216. The molecule has 9 nitrogen and oxygen atoms in total. The van der Waals surface area contributed by atoms with Crippen molar-refractivity contribution in [1.29, 1.82) is 0 Å². The molecule has 0 atom stereocenters. The number of ether oxygens (including phenoxy) is 5. The number of benzene rings is 3. The molecule has 0 amide bonds. The van der Waals surface area contributed by atoms with Crippen LogP contribution in [0.3, 0.4) is 0 Å². The normalized spacial score (nSPS) is 10.9. The maximum atomic E-state index is 14.1. The number of fused-ring (bicyclic) bond motifs is 1. The van der Waals surface area contributed by atoms with E-state index in [-0.39, 0.29) is 5.78 Å². The van der Waals surface area contributed by atoms with Crippen LogP contribution in [-0.4, -0.2) is 51.1 Å². The van der Waals surface area contributed by atoms with E-state index in [4.69, 9.17) is 28.1 Å². The Morgan fingerprint density at radius 2 is 1.49 bits per heavy atom. The number of methoxy groups -OCH3 is 5. The molecule has 2 heterocycles. The first-order valence-corrected chi connectivity index (χ1v) is 12.1. The minimum absolute atomic E-state index is 0.268. The number of ketones is 1. The van der Waals surface area contributed by atoms with Crippen LogP contribution < -0.4 is 23.7 Å². The van der Waals surface area contributed by atoms with Crippen molar-refractivity contribution >= 4 is 16.8 Å². The van der Waals surface area contributed by atoms with Crippen LogP contribution in [0.2, 0.25) is 0 Å². The zero-order valence-corrected chi connectivity index (χ0v) is 22.3. The largest absolute Gasteiger partial charge is 0.497 e. The van der Waals surface area contributed by atoms with Gasteiger partial charge in [0, 0.05) is 23.2 Å². The van der Waals surface area contributed by atoms with Gasteiger partial charge in [-0.05, 0) is 42.0 Å². The molecule has 9 heteroatoms. The Balaban J connectivity index is 1.60. The molecule has 0 fully saturated rings. The summed E-state index contributed by atoms with van der Waals surface area (Å²) in [6.45, 7) is 0.536. The molecule has 3 aromatic carbocycles. The van der Waals surface area contributed by atoms with Gasteiger partial charge in [0.05, 0.1) is 59.4 Å². The number of nitrogens with zero attached hydrogens (tertiary/aromatic N) is 2. The van der Waals surface area contributed by atoms with E-state index in [2.05, 4.69) is 5.10 Å². The topological polar surface area (TPSA) is 94.2 Å². The molecule has 0 N–H and O–H groups in total. The van der Waals surface area contributed by atoms with Gasteiger partial charge in [-0.3, -0.25) is 9.48 Å². The first-order valence-electron chi connectivity index (χ1n) is 12.1. The lowest BCUT2D eigenvalue weighted by Gasteiger charge is -2.13. The van der Waals surface area contributed by atoms with E-state index in [0.717, 1.165) is 11.3 Å². The second-order valence-corrected chi connectivity index (χ2v) is 8.69. The number of furan rings is 1. The highest BCUT2D eigenvalue weighted by Gasteiger charge is 2.27. The third kappa shape index (κ3) is 4.86. The summed E-state index contributed by atoms with van der Waals surface area (Å²) in [6.07, 6.45) is 3.54. The molecule has 2 aromatic heterocycles. The van der Waals surface area contributed by atoms with Crippen LogP contribution in [0.4, 0.5) is 0 Å². The van der Waals surface area contributed by atoms with Crippen LogP contribution in [0.15, 0.2) is 71.4 Å². The van der Waals surface area contributed by atoms with E-state index in [0.29, 0.717) is 63.0 Å². The van der Waals surface area contributed by atoms with Crippen molar-refractivity contribution in [2.24, 2.45) is 0 Å². The number of carbonyl (C=O) groups is 1. The van der Waals surface area contributed by atoms with Gasteiger partial charge in [0.2, 0.25) is 5.75 Å². The van der Waals surface area contributed by atoms with Gasteiger partial charge in [0.1, 0.15) is 22.8 Å². The van der Waals surface area contributed by atoms with Gasteiger partial charge in [-0.1, -0.05) is 12.1 Å². The fourth-order valence-electron chi connectivity index (χ4n) is 4.47. The average Bonchev–Trinajstić information content (AvgIpc) is 3.60. The van der Waals surface area contributed by atoms with E-state index in [1.807, 2.05) is 36.5 Å². The van der Waals surface area contributed by atoms with Gasteiger partial charge in [-0.25, -0.2) is 0 Å². The van der Waals surface area contributed by atoms with Crippen molar-refractivity contribution in [3.63, 3.8) is 0 Å². The molecule has 0 saturated carbocycles. The number of carbonyl (C=O) groups excluding carboxylic acids is 1. The Hall–Kier alpha value is -4.92. The molecule has 0 bridgehead atoms. The highest BCUT2D eigenvalue weighted by Crippen LogP contribution is 2.41. The van der Waals surface area contributed by atoms with Crippen molar-refractivity contribution in [2.45, 2.75) is 6.54 Å². The minimum Gasteiger partial charge on any atom is -0.497 e. The maximum Gasteiger partial charge on any atom is 0.203 e. The lowest BCUT2D eigenvalue weighted by Crippen LogP contribution is -2.05. The van der Waals surface area contributed by atoms with Gasteiger partial charge >= 0.3 is 0 Å². The van der Waals surface area contributed by atoms with Crippen molar-refractivity contribution in [1.82, 2.24) is 9.78 Å². The third-order valence-corrected chi connectivity index (χ3v) is 6.45. The van der Waals surface area contributed by atoms with E-state index < -0.39 is 0 Å². The summed E-state index contributed by atoms with van der Waals surface area (Å²) in [5.41, 5.74) is 2.98. The molecule has 0 aliphatic rings. The summed E-state index contributed by atoms with van der Waals surface area (Å²) in [6, 6.07) is 16.4. The first-order chi connectivity index (χ1) is 19.0. The predicted octanol–water partition coefficient (Wildman–Crippen LogP) is 5.62. The standard InChI is InChI=1S/C30H28N2O7/c1-34-21-8-6-18(7-9-21)16-32-17-20(15-31-32)29-27(23-11-10-22(35-2)14-24(23)39-29)28(33)19-12-25(36-3)30(38-5)26(13-19)37-4/h6-15,17H,16H2,1-5H3. The predicted molar refractivity (Wildman–Crippen MR) is 146 cm³/mol. The van der Waals surface area contributed by atoms with Crippen LogP contribution in [0.5, 0.6) is 28.7 Å². The summed E-state index contributed by atoms with van der Waals surface area (Å²) < 4.78 is 35.1. The first kappa shape index (κ1) is 25.7. The van der Waals surface area contributed by atoms with Gasteiger partial charge in [-0.15, -0.1) is 0 Å². The van der Waals surface area contributed by atoms with Crippen molar-refractivity contribution in [3.05, 3.63) is 83.7 Å². The van der Waals surface area contributed by atoms with E-state index >= 15 is 0 Å². The molecule has 0 radical (unpaired) electrons. The number of hydrogen-bond donors (Lipinski definition) is 0. The average molecular weight is 529 g/mol. The molecule has 39 heavy (non-hydrogen) atoms. The summed E-state index contributed by atoms with van der Waals surface area (Å²) in [5, 5.41) is 5.16. The third-order valence-electron chi connectivity index (χ3n) is 6.45. The van der Waals surface area contributed by atoms with Crippen molar-refractivity contribution in [2.75, 3.05) is 35.5 Å². The van der Waals surface area contributed by atoms with Crippen LogP contribution in [0, 0.1) is 0 Å². The summed E-state index contributed by atoms with van der Waals surface area (Å²) in [7, 11) is 7.74. The molecule has 5 aromatic rings. The van der Waals surface area contributed by atoms with Crippen LogP contribution in [0.1, 0.15) is 21.5 Å². The Morgan fingerprint density at radius 1 is 0.821 bits per heavy atom. The monoisotopic (exact) mass is 528 g/mol. The Bertz CT molecular complexity index is 1610. The Kier molecular flexibility index (Phi) is 7.14. The summed E-state index contributed by atoms with van der Waals surface area (Å²) >= 11 is 0. The Labute approximate surface area is 225 Å². The highest BCUT2D eigenvalue weighted by molar-refractivity contribution is 6.20. The van der Waals surface area contributed by atoms with Crippen LogP contribution in [0.25, 0.3) is 22.3 Å². The SMILES string of the molecule is COc1ccc(Cn2cc(-c3oc4cc(OC)ccc4c3C(=O)c3cc(OC)c(OC)c(OC)c3)cn2)cc1. The van der Waals surface area contributed by atoms with Gasteiger partial charge in [0.25, 0.3) is 0 Å². The number of hydrogen-bond acceptors (Lipinski definition) is 8. The van der Waals surface area contributed by atoms with Gasteiger partial charge in [0.15, 0.2) is 17.3 Å². The molecule has 200 valence electrons. The smallest absolute Gasteiger partial charge is 0.203 e. The molecule has 5 rings (SSSR count). The fraction of sp³-hybridized carbons (Fsp3) is 0.200. The summed E-state index contributed by atoms with van der Waals surface area (Å²) in [5.74, 6) is 2.69. The zero-order chi connectivity index (χ0) is 27.5. The second kappa shape index (κ2) is 10.8. The maximum absolute atomic E-state index is 14.1. The minimum atomic E-state index is -0.268. The zero-order valence-electron chi connectivity index (χ0n) is 22.3.